The van der Waals surface area contributed by atoms with Gasteiger partial charge in [-0.25, -0.2) is 8.42 Å². The first kappa shape index (κ1) is 31.9. The van der Waals surface area contributed by atoms with Gasteiger partial charge in [0.2, 0.25) is 11.8 Å². The molecule has 1 N–H and O–H groups in total. The molecule has 3 rings (SSSR count). The number of anilines is 1. The number of hydrogen-bond acceptors (Lipinski definition) is 4. The largest absolute Gasteiger partial charge is 0.352 e. The summed E-state index contributed by atoms with van der Waals surface area (Å²) in [4.78, 5) is 28.7. The van der Waals surface area contributed by atoms with Crippen molar-refractivity contribution in [1.29, 1.82) is 0 Å². The van der Waals surface area contributed by atoms with E-state index in [1.165, 1.54) is 17.0 Å². The number of nitrogens with one attached hydrogen (secondary N) is 1. The summed E-state index contributed by atoms with van der Waals surface area (Å²) in [5, 5.41) is 3.53. The predicted octanol–water partition coefficient (Wildman–Crippen LogP) is 6.59. The van der Waals surface area contributed by atoms with Crippen LogP contribution in [0, 0.1) is 6.92 Å². The van der Waals surface area contributed by atoms with E-state index in [1.807, 2.05) is 20.8 Å². The van der Waals surface area contributed by atoms with Crippen molar-refractivity contribution in [3.8, 4) is 0 Å². The van der Waals surface area contributed by atoms with Gasteiger partial charge in [-0.05, 0) is 69.7 Å². The Kier molecular flexibility index (Phi) is 11.1. The normalized spacial score (nSPS) is 12.2. The zero-order valence-electron chi connectivity index (χ0n) is 22.7. The molecule has 0 fully saturated rings. The molecule has 214 valence electrons. The molecule has 0 radical (unpaired) electrons. The highest BCUT2D eigenvalue weighted by atomic mass is 79.9. The molecule has 1 atom stereocenters. The standard InChI is InChI=1S/C29H32BrCl2N3O4S/c1-5-27(29(37)33-19(2)3)34(17-24-25(31)10-7-11-26(24)32)28(36)18-35(22-9-6-8-21(30)16-22)40(38,39)23-14-12-20(4)13-15-23/h6-16,19,27H,5,17-18H2,1-4H3,(H,33,37)/t27-/m1/s1. The SMILES string of the molecule is CC[C@H](C(=O)NC(C)C)N(Cc1c(Cl)cccc1Cl)C(=O)CN(c1cccc(Br)c1)S(=O)(=O)c1ccc(C)cc1. The summed E-state index contributed by atoms with van der Waals surface area (Å²) in [6.07, 6.45) is 0.286. The van der Waals surface area contributed by atoms with Gasteiger partial charge in [-0.15, -0.1) is 0 Å². The van der Waals surface area contributed by atoms with Crippen LogP contribution < -0.4 is 9.62 Å². The molecule has 0 heterocycles. The van der Waals surface area contributed by atoms with E-state index in [-0.39, 0.29) is 29.8 Å². The fraction of sp³-hybridized carbons (Fsp3) is 0.310. The predicted molar refractivity (Wildman–Crippen MR) is 164 cm³/mol. The second kappa shape index (κ2) is 13.9. The Morgan fingerprint density at radius 3 is 2.12 bits per heavy atom. The Hall–Kier alpha value is -2.59. The van der Waals surface area contributed by atoms with Crippen molar-refractivity contribution in [2.24, 2.45) is 0 Å². The van der Waals surface area contributed by atoms with Gasteiger partial charge in [-0.2, -0.15) is 0 Å². The lowest BCUT2D eigenvalue weighted by Crippen LogP contribution is -2.53. The average Bonchev–Trinajstić information content (AvgIpc) is 2.88. The number of halogens is 3. The molecular formula is C29H32BrCl2N3O4S. The third-order valence-corrected chi connectivity index (χ3v) is 9.18. The number of hydrogen-bond donors (Lipinski definition) is 1. The van der Waals surface area contributed by atoms with Gasteiger partial charge in [0.25, 0.3) is 10.0 Å². The molecule has 11 heteroatoms. The van der Waals surface area contributed by atoms with E-state index in [0.29, 0.717) is 25.8 Å². The molecular weight excluding hydrogens is 637 g/mol. The fourth-order valence-electron chi connectivity index (χ4n) is 4.15. The summed E-state index contributed by atoms with van der Waals surface area (Å²) < 4.78 is 29.5. The zero-order chi connectivity index (χ0) is 29.6. The topological polar surface area (TPSA) is 86.8 Å². The van der Waals surface area contributed by atoms with Crippen LogP contribution in [0.1, 0.15) is 38.3 Å². The van der Waals surface area contributed by atoms with Crippen LogP contribution in [0.5, 0.6) is 0 Å². The third kappa shape index (κ3) is 7.78. The molecule has 0 aliphatic rings. The maximum absolute atomic E-state index is 14.1. The monoisotopic (exact) mass is 667 g/mol. The van der Waals surface area contributed by atoms with Crippen LogP contribution in [0.25, 0.3) is 0 Å². The van der Waals surface area contributed by atoms with E-state index < -0.39 is 28.5 Å². The number of sulfonamides is 1. The van der Waals surface area contributed by atoms with E-state index in [4.69, 9.17) is 23.2 Å². The summed E-state index contributed by atoms with van der Waals surface area (Å²) in [6.45, 7) is 6.65. The quantitative estimate of drug-likeness (QED) is 0.250. The van der Waals surface area contributed by atoms with Crippen LogP contribution in [0.2, 0.25) is 10.0 Å². The highest BCUT2D eigenvalue weighted by Crippen LogP contribution is 2.29. The van der Waals surface area contributed by atoms with Crippen molar-refractivity contribution in [3.63, 3.8) is 0 Å². The molecule has 0 saturated heterocycles. The van der Waals surface area contributed by atoms with Crippen molar-refractivity contribution in [2.75, 3.05) is 10.8 Å². The van der Waals surface area contributed by atoms with E-state index >= 15 is 0 Å². The van der Waals surface area contributed by atoms with Gasteiger partial charge in [-0.1, -0.05) is 75.9 Å². The Bertz CT molecular complexity index is 1450. The summed E-state index contributed by atoms with van der Waals surface area (Å²) in [7, 11) is -4.16. The van der Waals surface area contributed by atoms with Gasteiger partial charge in [0.15, 0.2) is 0 Å². The molecule has 0 saturated carbocycles. The number of carbonyl (C=O) groups is 2. The smallest absolute Gasteiger partial charge is 0.264 e. The first-order valence-electron chi connectivity index (χ1n) is 12.7. The molecule has 3 aromatic rings. The van der Waals surface area contributed by atoms with Crippen LogP contribution in [0.4, 0.5) is 5.69 Å². The van der Waals surface area contributed by atoms with Gasteiger partial charge < -0.3 is 10.2 Å². The van der Waals surface area contributed by atoms with E-state index in [0.717, 1.165) is 9.87 Å². The van der Waals surface area contributed by atoms with Crippen molar-refractivity contribution >= 4 is 66.7 Å². The van der Waals surface area contributed by atoms with Crippen molar-refractivity contribution in [1.82, 2.24) is 10.2 Å². The number of amides is 2. The number of rotatable bonds is 11. The average molecular weight is 669 g/mol. The minimum absolute atomic E-state index is 0.0381. The van der Waals surface area contributed by atoms with Crippen molar-refractivity contribution in [3.05, 3.63) is 92.4 Å². The van der Waals surface area contributed by atoms with Gasteiger partial charge >= 0.3 is 0 Å². The number of nitrogens with zero attached hydrogens (tertiary/aromatic N) is 2. The first-order chi connectivity index (χ1) is 18.8. The van der Waals surface area contributed by atoms with Gasteiger partial charge in [0, 0.05) is 32.7 Å². The van der Waals surface area contributed by atoms with E-state index in [9.17, 15) is 18.0 Å². The Balaban J connectivity index is 2.11. The summed E-state index contributed by atoms with van der Waals surface area (Å²) in [5.41, 5.74) is 1.65. The molecule has 7 nitrogen and oxygen atoms in total. The Morgan fingerprint density at radius 1 is 0.975 bits per heavy atom. The summed E-state index contributed by atoms with van der Waals surface area (Å²) in [5.74, 6) is -0.943. The third-order valence-electron chi connectivity index (χ3n) is 6.19. The van der Waals surface area contributed by atoms with E-state index in [1.54, 1.807) is 61.5 Å². The van der Waals surface area contributed by atoms with Crippen LogP contribution >= 0.6 is 39.1 Å². The van der Waals surface area contributed by atoms with Crippen LogP contribution in [-0.2, 0) is 26.2 Å². The number of aryl methyl sites for hydroxylation is 1. The minimum atomic E-state index is -4.16. The maximum Gasteiger partial charge on any atom is 0.264 e. The minimum Gasteiger partial charge on any atom is -0.352 e. The molecule has 0 aliphatic heterocycles. The zero-order valence-corrected chi connectivity index (χ0v) is 26.6. The molecule has 0 unspecified atom stereocenters. The van der Waals surface area contributed by atoms with E-state index in [2.05, 4.69) is 21.2 Å². The van der Waals surface area contributed by atoms with Crippen molar-refractivity contribution < 1.29 is 18.0 Å². The lowest BCUT2D eigenvalue weighted by Gasteiger charge is -2.34. The molecule has 0 bridgehead atoms. The first-order valence-corrected chi connectivity index (χ1v) is 15.7. The van der Waals surface area contributed by atoms with Crippen LogP contribution in [0.15, 0.2) is 76.1 Å². The summed E-state index contributed by atoms with van der Waals surface area (Å²) >= 11 is 16.3. The highest BCUT2D eigenvalue weighted by Gasteiger charge is 2.34. The molecule has 0 aliphatic carbocycles. The maximum atomic E-state index is 14.1. The number of carbonyl (C=O) groups excluding carboxylic acids is 2. The van der Waals surface area contributed by atoms with Crippen LogP contribution in [0.3, 0.4) is 0 Å². The van der Waals surface area contributed by atoms with Crippen molar-refractivity contribution in [2.45, 2.75) is 57.6 Å². The van der Waals surface area contributed by atoms with Gasteiger partial charge in [0.05, 0.1) is 10.6 Å². The molecule has 0 aromatic heterocycles. The second-order valence-electron chi connectivity index (χ2n) is 9.61. The second-order valence-corrected chi connectivity index (χ2v) is 13.2. The lowest BCUT2D eigenvalue weighted by molar-refractivity contribution is -0.140. The fourth-order valence-corrected chi connectivity index (χ4v) is 6.46. The lowest BCUT2D eigenvalue weighted by atomic mass is 10.1. The molecule has 3 aromatic carbocycles. The van der Waals surface area contributed by atoms with Gasteiger partial charge in [-0.3, -0.25) is 13.9 Å². The van der Waals surface area contributed by atoms with Gasteiger partial charge in [0.1, 0.15) is 12.6 Å². The number of benzene rings is 3. The Labute approximate surface area is 254 Å². The molecule has 40 heavy (non-hydrogen) atoms. The Morgan fingerprint density at radius 2 is 1.57 bits per heavy atom. The highest BCUT2D eigenvalue weighted by molar-refractivity contribution is 9.10. The molecule has 2 amide bonds. The van der Waals surface area contributed by atoms with Crippen LogP contribution in [-0.4, -0.2) is 43.8 Å². The summed E-state index contributed by atoms with van der Waals surface area (Å²) in [6, 6.07) is 17.0. The molecule has 0 spiro atoms.